The number of fused-ring (bicyclic) bond motifs is 5. The van der Waals surface area contributed by atoms with Gasteiger partial charge in [0.25, 0.3) is 0 Å². The van der Waals surface area contributed by atoms with Crippen LogP contribution in [0.2, 0.25) is 0 Å². The van der Waals surface area contributed by atoms with Crippen LogP contribution < -0.4 is 4.90 Å². The van der Waals surface area contributed by atoms with Gasteiger partial charge in [-0.15, -0.1) is 0 Å². The second-order valence-electron chi connectivity index (χ2n) is 12.3. The van der Waals surface area contributed by atoms with Gasteiger partial charge in [0.1, 0.15) is 0 Å². The van der Waals surface area contributed by atoms with E-state index in [1.807, 2.05) is 0 Å². The van der Waals surface area contributed by atoms with Crippen molar-refractivity contribution in [1.29, 1.82) is 0 Å². The summed E-state index contributed by atoms with van der Waals surface area (Å²) in [7, 11) is 0. The second-order valence-corrected chi connectivity index (χ2v) is 12.3. The number of hydrogen-bond acceptors (Lipinski definition) is 1. The molecule has 0 saturated heterocycles. The van der Waals surface area contributed by atoms with E-state index in [0.29, 0.717) is 0 Å². The van der Waals surface area contributed by atoms with Gasteiger partial charge in [-0.2, -0.15) is 0 Å². The lowest BCUT2D eigenvalue weighted by molar-refractivity contribution is 0.660. The molecule has 1 nitrogen and oxygen atoms in total. The summed E-state index contributed by atoms with van der Waals surface area (Å²) in [6.07, 6.45) is 0. The molecule has 206 valence electrons. The van der Waals surface area contributed by atoms with Crippen LogP contribution in [0.15, 0.2) is 146 Å². The summed E-state index contributed by atoms with van der Waals surface area (Å²) >= 11 is 0. The monoisotopic (exact) mass is 551 g/mol. The van der Waals surface area contributed by atoms with Crippen LogP contribution in [-0.4, -0.2) is 0 Å². The fraction of sp³-hybridized carbons (Fsp3) is 0.0952. The van der Waals surface area contributed by atoms with Gasteiger partial charge in [0.05, 0.1) is 5.69 Å². The lowest BCUT2D eigenvalue weighted by atomic mass is 9.82. The molecule has 0 heterocycles. The minimum Gasteiger partial charge on any atom is -0.310 e. The number of hydrogen-bond donors (Lipinski definition) is 0. The highest BCUT2D eigenvalue weighted by Crippen LogP contribution is 2.52. The number of rotatable bonds is 4. The van der Waals surface area contributed by atoms with E-state index >= 15 is 0 Å². The lowest BCUT2D eigenvalue weighted by Gasteiger charge is -2.31. The Bertz CT molecular complexity index is 2180. The topological polar surface area (TPSA) is 3.24 Å². The Hall–Kier alpha value is -5.14. The standard InChI is InChI=1S/C42H33N/c1-28-12-4-8-16-34(28)41-35-17-9-7-14-30(35)21-25-40(41)43(32-22-20-29-13-5-6-15-31(29)26-32)33-23-24-37-36-18-10-11-19-38(36)42(2,3)39(37)27-33/h4-27H,1-3H3. The summed E-state index contributed by atoms with van der Waals surface area (Å²) < 4.78 is 0. The fourth-order valence-corrected chi connectivity index (χ4v) is 7.16. The average Bonchev–Trinajstić information content (AvgIpc) is 3.27. The van der Waals surface area contributed by atoms with E-state index in [4.69, 9.17) is 0 Å². The average molecular weight is 552 g/mol. The molecule has 43 heavy (non-hydrogen) atoms. The van der Waals surface area contributed by atoms with Crippen LogP contribution in [0.5, 0.6) is 0 Å². The number of anilines is 3. The van der Waals surface area contributed by atoms with E-state index in [0.717, 1.165) is 5.69 Å². The zero-order valence-corrected chi connectivity index (χ0v) is 24.8. The van der Waals surface area contributed by atoms with Gasteiger partial charge in [0, 0.05) is 22.4 Å². The highest BCUT2D eigenvalue weighted by molar-refractivity contribution is 6.06. The molecular weight excluding hydrogens is 518 g/mol. The first kappa shape index (κ1) is 25.6. The number of benzene rings is 7. The van der Waals surface area contributed by atoms with Crippen molar-refractivity contribution >= 4 is 38.6 Å². The van der Waals surface area contributed by atoms with Gasteiger partial charge < -0.3 is 4.90 Å². The SMILES string of the molecule is Cc1ccccc1-c1c(N(c2ccc3c(c2)C(C)(C)c2ccccc2-3)c2ccc3ccccc3c2)ccc2ccccc12. The number of nitrogens with zero attached hydrogens (tertiary/aromatic N) is 1. The third-order valence-electron chi connectivity index (χ3n) is 9.38. The molecule has 0 radical (unpaired) electrons. The predicted molar refractivity (Wildman–Crippen MR) is 184 cm³/mol. The molecule has 0 saturated carbocycles. The highest BCUT2D eigenvalue weighted by atomic mass is 15.1. The molecule has 0 bridgehead atoms. The van der Waals surface area contributed by atoms with Gasteiger partial charge in [0.2, 0.25) is 0 Å². The van der Waals surface area contributed by atoms with Crippen molar-refractivity contribution in [2.24, 2.45) is 0 Å². The molecular formula is C42H33N. The minimum atomic E-state index is -0.0841. The highest BCUT2D eigenvalue weighted by Gasteiger charge is 2.36. The summed E-state index contributed by atoms with van der Waals surface area (Å²) in [6, 6.07) is 53.6. The molecule has 0 atom stereocenters. The minimum absolute atomic E-state index is 0.0841. The summed E-state index contributed by atoms with van der Waals surface area (Å²) in [5, 5.41) is 4.98. The van der Waals surface area contributed by atoms with Crippen LogP contribution in [0.3, 0.4) is 0 Å². The maximum atomic E-state index is 2.47. The molecule has 0 aromatic heterocycles. The Morgan fingerprint density at radius 2 is 1.07 bits per heavy atom. The smallest absolute Gasteiger partial charge is 0.0546 e. The first-order chi connectivity index (χ1) is 21.0. The van der Waals surface area contributed by atoms with Gasteiger partial charge in [-0.05, 0) is 92.2 Å². The molecule has 0 unspecified atom stereocenters. The first-order valence-electron chi connectivity index (χ1n) is 15.1. The van der Waals surface area contributed by atoms with Crippen LogP contribution in [-0.2, 0) is 5.41 Å². The van der Waals surface area contributed by atoms with Gasteiger partial charge in [-0.3, -0.25) is 0 Å². The van der Waals surface area contributed by atoms with Crippen molar-refractivity contribution in [2.75, 3.05) is 4.90 Å². The van der Waals surface area contributed by atoms with Crippen molar-refractivity contribution in [1.82, 2.24) is 0 Å². The Kier molecular flexibility index (Phi) is 5.77. The first-order valence-corrected chi connectivity index (χ1v) is 15.1. The molecule has 0 spiro atoms. The van der Waals surface area contributed by atoms with E-state index < -0.39 is 0 Å². The van der Waals surface area contributed by atoms with Crippen molar-refractivity contribution in [3.8, 4) is 22.3 Å². The van der Waals surface area contributed by atoms with Gasteiger partial charge >= 0.3 is 0 Å². The summed E-state index contributed by atoms with van der Waals surface area (Å²) in [5.74, 6) is 0. The molecule has 0 N–H and O–H groups in total. The van der Waals surface area contributed by atoms with Crippen LogP contribution in [0.1, 0.15) is 30.5 Å². The maximum absolute atomic E-state index is 2.47. The van der Waals surface area contributed by atoms with E-state index in [2.05, 4.69) is 171 Å². The molecule has 1 aliphatic carbocycles. The van der Waals surface area contributed by atoms with E-state index in [-0.39, 0.29) is 5.41 Å². The van der Waals surface area contributed by atoms with E-state index in [1.54, 1.807) is 0 Å². The number of aryl methyl sites for hydroxylation is 1. The fourth-order valence-electron chi connectivity index (χ4n) is 7.16. The zero-order valence-electron chi connectivity index (χ0n) is 24.8. The van der Waals surface area contributed by atoms with Crippen LogP contribution in [0.25, 0.3) is 43.8 Å². The Morgan fingerprint density at radius 1 is 0.465 bits per heavy atom. The van der Waals surface area contributed by atoms with Crippen molar-refractivity contribution in [3.63, 3.8) is 0 Å². The third kappa shape index (κ3) is 4.00. The molecule has 7 aromatic rings. The van der Waals surface area contributed by atoms with Crippen LogP contribution >= 0.6 is 0 Å². The summed E-state index contributed by atoms with van der Waals surface area (Å²) in [4.78, 5) is 2.47. The van der Waals surface area contributed by atoms with E-state index in [1.165, 1.54) is 71.9 Å². The predicted octanol–water partition coefficient (Wildman–Crippen LogP) is 11.7. The molecule has 0 aliphatic heterocycles. The maximum Gasteiger partial charge on any atom is 0.0546 e. The molecule has 0 fully saturated rings. The van der Waals surface area contributed by atoms with Crippen LogP contribution in [0.4, 0.5) is 17.1 Å². The van der Waals surface area contributed by atoms with Gasteiger partial charge in [-0.1, -0.05) is 129 Å². The molecule has 8 rings (SSSR count). The van der Waals surface area contributed by atoms with Crippen molar-refractivity contribution < 1.29 is 0 Å². The van der Waals surface area contributed by atoms with Crippen molar-refractivity contribution in [3.05, 3.63) is 162 Å². The van der Waals surface area contributed by atoms with Crippen molar-refractivity contribution in [2.45, 2.75) is 26.2 Å². The normalized spacial score (nSPS) is 13.2. The summed E-state index contributed by atoms with van der Waals surface area (Å²) in [5.41, 5.74) is 12.6. The Balaban J connectivity index is 1.44. The molecule has 7 aromatic carbocycles. The van der Waals surface area contributed by atoms with E-state index in [9.17, 15) is 0 Å². The quantitative estimate of drug-likeness (QED) is 0.210. The van der Waals surface area contributed by atoms with Gasteiger partial charge in [0.15, 0.2) is 0 Å². The van der Waals surface area contributed by atoms with Gasteiger partial charge in [-0.25, -0.2) is 0 Å². The molecule has 0 amide bonds. The molecule has 1 heteroatoms. The second kappa shape index (κ2) is 9.71. The largest absolute Gasteiger partial charge is 0.310 e. The Labute approximate surface area is 253 Å². The lowest BCUT2D eigenvalue weighted by Crippen LogP contribution is -2.17. The molecule has 1 aliphatic rings. The summed E-state index contributed by atoms with van der Waals surface area (Å²) in [6.45, 7) is 6.93. The van der Waals surface area contributed by atoms with Crippen LogP contribution in [0, 0.1) is 6.92 Å². The third-order valence-corrected chi connectivity index (χ3v) is 9.38. The Morgan fingerprint density at radius 3 is 1.91 bits per heavy atom. The zero-order chi connectivity index (χ0) is 29.1.